The number of aromatic nitrogens is 4. The van der Waals surface area contributed by atoms with Crippen molar-refractivity contribution in [2.75, 3.05) is 5.32 Å². The molecule has 8 heteroatoms. The lowest BCUT2D eigenvalue weighted by Gasteiger charge is -2.27. The van der Waals surface area contributed by atoms with Crippen molar-refractivity contribution >= 4 is 22.6 Å². The van der Waals surface area contributed by atoms with Crippen molar-refractivity contribution in [3.63, 3.8) is 0 Å². The molecule has 3 aromatic heterocycles. The van der Waals surface area contributed by atoms with Gasteiger partial charge in [0, 0.05) is 55.2 Å². The third-order valence-electron chi connectivity index (χ3n) is 4.91. The van der Waals surface area contributed by atoms with Crippen molar-refractivity contribution in [1.29, 1.82) is 0 Å². The Morgan fingerprint density at radius 2 is 2.04 bits per heavy atom. The Hall–Kier alpha value is -2.90. The van der Waals surface area contributed by atoms with E-state index < -0.39 is 11.8 Å². The van der Waals surface area contributed by atoms with Crippen LogP contribution in [0.15, 0.2) is 36.8 Å². The molecule has 1 fully saturated rings. The van der Waals surface area contributed by atoms with Gasteiger partial charge >= 0.3 is 0 Å². The number of pyridine rings is 2. The van der Waals surface area contributed by atoms with E-state index in [4.69, 9.17) is 0 Å². The van der Waals surface area contributed by atoms with Gasteiger partial charge in [0.25, 0.3) is 0 Å². The smallest absolute Gasteiger partial charge is 0.248 e. The Balaban J connectivity index is 1.53. The van der Waals surface area contributed by atoms with Crippen LogP contribution >= 0.6 is 0 Å². The minimum absolute atomic E-state index is 0.190. The molecule has 0 aromatic carbocycles. The third kappa shape index (κ3) is 3.79. The predicted octanol–water partition coefficient (Wildman–Crippen LogP) is 3.79. The van der Waals surface area contributed by atoms with E-state index in [0.29, 0.717) is 11.3 Å². The van der Waals surface area contributed by atoms with Crippen LogP contribution in [0.25, 0.3) is 22.2 Å². The molecule has 1 aliphatic carbocycles. The fraction of sp³-hybridized carbons (Fsp3) is 0.368. The number of carbonyl (C=O) groups excluding carboxylic acids is 1. The number of halogens is 2. The number of nitrogens with zero attached hydrogens (tertiary/aromatic N) is 4. The van der Waals surface area contributed by atoms with Crippen molar-refractivity contribution < 1.29 is 13.6 Å². The second kappa shape index (κ2) is 6.68. The summed E-state index contributed by atoms with van der Waals surface area (Å²) in [5, 5.41) is 7.73. The first kappa shape index (κ1) is 17.5. The predicted molar refractivity (Wildman–Crippen MR) is 97.3 cm³/mol. The first-order chi connectivity index (χ1) is 12.9. The van der Waals surface area contributed by atoms with Crippen LogP contribution < -0.4 is 5.32 Å². The maximum Gasteiger partial charge on any atom is 0.248 e. The number of amides is 1. The molecular weight excluding hydrogens is 352 g/mol. The number of hydrogen-bond donors (Lipinski definition) is 1. The molecule has 27 heavy (non-hydrogen) atoms. The summed E-state index contributed by atoms with van der Waals surface area (Å²) in [6.45, 7) is 0. The average Bonchev–Trinajstić information content (AvgIpc) is 3.07. The fourth-order valence-electron chi connectivity index (χ4n) is 3.33. The van der Waals surface area contributed by atoms with Crippen LogP contribution in [0.5, 0.6) is 0 Å². The molecule has 1 aliphatic rings. The highest BCUT2D eigenvalue weighted by atomic mass is 19.3. The monoisotopic (exact) mass is 371 g/mol. The Kier molecular flexibility index (Phi) is 4.33. The van der Waals surface area contributed by atoms with Gasteiger partial charge in [-0.2, -0.15) is 5.10 Å². The summed E-state index contributed by atoms with van der Waals surface area (Å²) in [5.41, 5.74) is 2.36. The maximum atomic E-state index is 13.3. The maximum absolute atomic E-state index is 13.3. The van der Waals surface area contributed by atoms with Crippen LogP contribution in [-0.2, 0) is 11.8 Å². The molecule has 0 atom stereocenters. The molecule has 1 saturated carbocycles. The van der Waals surface area contributed by atoms with E-state index in [0.717, 1.165) is 16.6 Å². The largest absolute Gasteiger partial charge is 0.310 e. The van der Waals surface area contributed by atoms with Gasteiger partial charge in [-0.25, -0.2) is 18.7 Å². The number of rotatable bonds is 3. The first-order valence-electron chi connectivity index (χ1n) is 8.84. The second-order valence-corrected chi connectivity index (χ2v) is 6.98. The van der Waals surface area contributed by atoms with Crippen molar-refractivity contribution in [3.8, 4) is 11.3 Å². The zero-order valence-electron chi connectivity index (χ0n) is 14.8. The van der Waals surface area contributed by atoms with Crippen LogP contribution in [0.1, 0.15) is 25.7 Å². The number of nitrogens with one attached hydrogen (secondary N) is 1. The normalized spacial score (nSPS) is 17.1. The van der Waals surface area contributed by atoms with Gasteiger partial charge in [-0.05, 0) is 25.0 Å². The zero-order valence-corrected chi connectivity index (χ0v) is 14.8. The topological polar surface area (TPSA) is 72.7 Å². The van der Waals surface area contributed by atoms with Crippen LogP contribution in [0.4, 0.5) is 14.6 Å². The van der Waals surface area contributed by atoms with Gasteiger partial charge in [-0.1, -0.05) is 0 Å². The van der Waals surface area contributed by atoms with Crippen molar-refractivity contribution in [1.82, 2.24) is 19.7 Å². The van der Waals surface area contributed by atoms with E-state index in [1.807, 2.05) is 25.4 Å². The van der Waals surface area contributed by atoms with E-state index in [1.54, 1.807) is 23.1 Å². The molecule has 6 nitrogen and oxygen atoms in total. The molecule has 1 amide bonds. The van der Waals surface area contributed by atoms with Gasteiger partial charge in [0.15, 0.2) is 0 Å². The molecule has 1 N–H and O–H groups in total. The number of alkyl halides is 2. The van der Waals surface area contributed by atoms with E-state index in [9.17, 15) is 13.6 Å². The molecular formula is C19H19F2N5O. The standard InChI is InChI=1S/C19H19F2N5O/c1-26-11-14(10-23-26)15-3-2-13-9-22-17(8-16(13)24-15)25-18(27)12-4-6-19(20,21)7-5-12/h2-3,8-12H,4-7H2,1H3,(H,22,25,27). The second-order valence-electron chi connectivity index (χ2n) is 6.98. The molecule has 3 heterocycles. The summed E-state index contributed by atoms with van der Waals surface area (Å²) in [6, 6.07) is 5.50. The number of hydrogen-bond acceptors (Lipinski definition) is 4. The third-order valence-corrected chi connectivity index (χ3v) is 4.91. The van der Waals surface area contributed by atoms with Gasteiger partial charge in [-0.3, -0.25) is 9.48 Å². The summed E-state index contributed by atoms with van der Waals surface area (Å²) in [6.07, 6.45) is 5.14. The zero-order chi connectivity index (χ0) is 19.0. The molecule has 140 valence electrons. The van der Waals surface area contributed by atoms with Gasteiger partial charge in [0.1, 0.15) is 5.82 Å². The number of aryl methyl sites for hydroxylation is 1. The Morgan fingerprint density at radius 1 is 1.26 bits per heavy atom. The SMILES string of the molecule is Cn1cc(-c2ccc3cnc(NC(=O)C4CCC(F)(F)CC4)cc3n2)cn1. The number of fused-ring (bicyclic) bond motifs is 1. The van der Waals surface area contributed by atoms with E-state index in [2.05, 4.69) is 20.4 Å². The lowest BCUT2D eigenvalue weighted by Crippen LogP contribution is -2.32. The Labute approximate surface area is 154 Å². The van der Waals surface area contributed by atoms with Crippen LogP contribution in [0, 0.1) is 5.92 Å². The van der Waals surface area contributed by atoms with E-state index in [1.165, 1.54) is 0 Å². The van der Waals surface area contributed by atoms with Crippen molar-refractivity contribution in [2.24, 2.45) is 13.0 Å². The molecule has 0 aliphatic heterocycles. The Morgan fingerprint density at radius 3 is 2.74 bits per heavy atom. The van der Waals surface area contributed by atoms with E-state index >= 15 is 0 Å². The summed E-state index contributed by atoms with van der Waals surface area (Å²) >= 11 is 0. The quantitative estimate of drug-likeness (QED) is 0.760. The molecule has 0 spiro atoms. The van der Waals surface area contributed by atoms with Crippen LogP contribution in [0.3, 0.4) is 0 Å². The molecule has 0 radical (unpaired) electrons. The minimum Gasteiger partial charge on any atom is -0.310 e. The number of anilines is 1. The molecule has 0 unspecified atom stereocenters. The summed E-state index contributed by atoms with van der Waals surface area (Å²) in [7, 11) is 1.84. The molecule has 4 rings (SSSR count). The Bertz CT molecular complexity index is 991. The summed E-state index contributed by atoms with van der Waals surface area (Å²) in [4.78, 5) is 21.2. The van der Waals surface area contributed by atoms with Gasteiger partial charge in [-0.15, -0.1) is 0 Å². The fourth-order valence-corrected chi connectivity index (χ4v) is 3.33. The van der Waals surface area contributed by atoms with Gasteiger partial charge < -0.3 is 5.32 Å². The van der Waals surface area contributed by atoms with Crippen molar-refractivity contribution in [2.45, 2.75) is 31.6 Å². The van der Waals surface area contributed by atoms with Crippen molar-refractivity contribution in [3.05, 3.63) is 36.8 Å². The van der Waals surface area contributed by atoms with Crippen LogP contribution in [-0.4, -0.2) is 31.6 Å². The highest BCUT2D eigenvalue weighted by molar-refractivity contribution is 5.93. The van der Waals surface area contributed by atoms with Crippen LogP contribution in [0.2, 0.25) is 0 Å². The average molecular weight is 371 g/mol. The highest BCUT2D eigenvalue weighted by Crippen LogP contribution is 2.36. The molecule has 3 aromatic rings. The van der Waals surface area contributed by atoms with Gasteiger partial charge in [0.2, 0.25) is 11.8 Å². The summed E-state index contributed by atoms with van der Waals surface area (Å²) in [5.74, 6) is -2.94. The first-order valence-corrected chi connectivity index (χ1v) is 8.84. The van der Waals surface area contributed by atoms with E-state index in [-0.39, 0.29) is 31.6 Å². The minimum atomic E-state index is -2.65. The lowest BCUT2D eigenvalue weighted by molar-refractivity contribution is -0.124. The highest BCUT2D eigenvalue weighted by Gasteiger charge is 2.37. The molecule has 0 saturated heterocycles. The van der Waals surface area contributed by atoms with Gasteiger partial charge in [0.05, 0.1) is 17.4 Å². The summed E-state index contributed by atoms with van der Waals surface area (Å²) < 4.78 is 28.2. The lowest BCUT2D eigenvalue weighted by atomic mass is 9.86. The molecule has 0 bridgehead atoms. The number of carbonyl (C=O) groups is 1.